The average molecular weight is 377 g/mol. The summed E-state index contributed by atoms with van der Waals surface area (Å²) in [5.74, 6) is -0.377. The van der Waals surface area contributed by atoms with Gasteiger partial charge in [-0.05, 0) is 23.1 Å². The minimum atomic E-state index is -0.147. The fraction of sp³-hybridized carbons (Fsp3) is 0.526. The minimum absolute atomic E-state index is 0.0832. The summed E-state index contributed by atoms with van der Waals surface area (Å²) in [6, 6.07) is 5.47. The molecule has 7 N–H and O–H groups in total. The molecule has 0 saturated heterocycles. The van der Waals surface area contributed by atoms with Crippen molar-refractivity contribution in [3.8, 4) is 0 Å². The standard InChI is InChI=1S/C19H31N5O3/c1-2-5-22-17(25)11-14-8-15(12-18(26)23-6-3-20)10-16(9-14)13-19(27)24-7-4-21/h8-10H,2-7,11-13,20-21H2,1H3,(H,22,25)(H,23,26)(H,24,27). The van der Waals surface area contributed by atoms with Crippen LogP contribution in [-0.2, 0) is 33.6 Å². The zero-order valence-electron chi connectivity index (χ0n) is 16.0. The summed E-state index contributed by atoms with van der Waals surface area (Å²) >= 11 is 0. The molecule has 0 aliphatic rings. The molecule has 0 unspecified atom stereocenters. The molecule has 0 bridgehead atoms. The van der Waals surface area contributed by atoms with E-state index in [9.17, 15) is 14.4 Å². The Bertz CT molecular complexity index is 536. The van der Waals surface area contributed by atoms with Gasteiger partial charge in [0.05, 0.1) is 19.3 Å². The zero-order chi connectivity index (χ0) is 20.1. The van der Waals surface area contributed by atoms with Gasteiger partial charge in [-0.3, -0.25) is 14.4 Å². The van der Waals surface area contributed by atoms with Crippen LogP contribution in [-0.4, -0.2) is 50.4 Å². The van der Waals surface area contributed by atoms with Crippen LogP contribution in [0.5, 0.6) is 0 Å². The molecule has 0 saturated carbocycles. The second kappa shape index (κ2) is 12.8. The molecule has 3 amide bonds. The number of hydrogen-bond donors (Lipinski definition) is 5. The van der Waals surface area contributed by atoms with E-state index in [0.29, 0.717) is 32.7 Å². The van der Waals surface area contributed by atoms with Gasteiger partial charge in [0.15, 0.2) is 0 Å². The van der Waals surface area contributed by atoms with E-state index in [4.69, 9.17) is 11.5 Å². The number of amides is 3. The topological polar surface area (TPSA) is 139 Å². The first-order chi connectivity index (χ1) is 13.0. The molecule has 0 fully saturated rings. The largest absolute Gasteiger partial charge is 0.356 e. The van der Waals surface area contributed by atoms with E-state index in [1.807, 2.05) is 25.1 Å². The van der Waals surface area contributed by atoms with Crippen LogP contribution in [0.3, 0.4) is 0 Å². The first-order valence-electron chi connectivity index (χ1n) is 9.30. The first-order valence-corrected chi connectivity index (χ1v) is 9.30. The molecule has 1 aromatic carbocycles. The molecule has 0 aliphatic heterocycles. The highest BCUT2D eigenvalue weighted by molar-refractivity contribution is 5.81. The van der Waals surface area contributed by atoms with Crippen molar-refractivity contribution in [1.82, 2.24) is 16.0 Å². The molecule has 27 heavy (non-hydrogen) atoms. The highest BCUT2D eigenvalue weighted by atomic mass is 16.2. The predicted molar refractivity (Wildman–Crippen MR) is 105 cm³/mol. The molecule has 0 heterocycles. The van der Waals surface area contributed by atoms with Crippen molar-refractivity contribution in [2.45, 2.75) is 32.6 Å². The Morgan fingerprint density at radius 3 is 1.33 bits per heavy atom. The van der Waals surface area contributed by atoms with Crippen molar-refractivity contribution < 1.29 is 14.4 Å². The van der Waals surface area contributed by atoms with Crippen LogP contribution in [0.1, 0.15) is 30.0 Å². The van der Waals surface area contributed by atoms with Gasteiger partial charge in [0.2, 0.25) is 17.7 Å². The Morgan fingerprint density at radius 2 is 1.04 bits per heavy atom. The van der Waals surface area contributed by atoms with E-state index >= 15 is 0 Å². The van der Waals surface area contributed by atoms with Crippen molar-refractivity contribution in [3.63, 3.8) is 0 Å². The van der Waals surface area contributed by atoms with Gasteiger partial charge < -0.3 is 27.4 Å². The van der Waals surface area contributed by atoms with Gasteiger partial charge in [0.25, 0.3) is 0 Å². The van der Waals surface area contributed by atoms with E-state index in [1.165, 1.54) is 0 Å². The number of hydrogen-bond acceptors (Lipinski definition) is 5. The summed E-state index contributed by atoms with van der Waals surface area (Å²) in [5.41, 5.74) is 13.1. The summed E-state index contributed by atoms with van der Waals surface area (Å²) in [6.45, 7) is 4.16. The molecule has 0 spiro atoms. The van der Waals surface area contributed by atoms with Crippen LogP contribution >= 0.6 is 0 Å². The Kier molecular flexibility index (Phi) is 10.7. The van der Waals surface area contributed by atoms with Crippen LogP contribution in [0.15, 0.2) is 18.2 Å². The molecule has 0 aliphatic carbocycles. The van der Waals surface area contributed by atoms with Crippen molar-refractivity contribution in [2.75, 3.05) is 32.7 Å². The van der Waals surface area contributed by atoms with Crippen LogP contribution in [0.4, 0.5) is 0 Å². The maximum absolute atomic E-state index is 12.0. The molecule has 1 rings (SSSR count). The highest BCUT2D eigenvalue weighted by Crippen LogP contribution is 2.13. The summed E-state index contributed by atoms with van der Waals surface area (Å²) in [5, 5.41) is 8.27. The molecular formula is C19H31N5O3. The third-order valence-corrected chi connectivity index (χ3v) is 3.71. The second-order valence-corrected chi connectivity index (χ2v) is 6.32. The lowest BCUT2D eigenvalue weighted by atomic mass is 9.99. The van der Waals surface area contributed by atoms with Crippen molar-refractivity contribution >= 4 is 17.7 Å². The molecule has 1 aromatic rings. The van der Waals surface area contributed by atoms with Crippen LogP contribution in [0.25, 0.3) is 0 Å². The molecule has 0 aromatic heterocycles. The maximum atomic E-state index is 12.0. The molecule has 8 heteroatoms. The fourth-order valence-electron chi connectivity index (χ4n) is 2.58. The molecule has 8 nitrogen and oxygen atoms in total. The third kappa shape index (κ3) is 9.72. The summed E-state index contributed by atoms with van der Waals surface area (Å²) in [6.07, 6.45) is 1.40. The van der Waals surface area contributed by atoms with Crippen molar-refractivity contribution in [3.05, 3.63) is 34.9 Å². The Balaban J connectivity index is 2.90. The summed E-state index contributed by atoms with van der Waals surface area (Å²) in [4.78, 5) is 36.0. The van der Waals surface area contributed by atoms with Crippen LogP contribution in [0.2, 0.25) is 0 Å². The molecule has 0 radical (unpaired) electrons. The second-order valence-electron chi connectivity index (χ2n) is 6.32. The van der Waals surface area contributed by atoms with E-state index < -0.39 is 0 Å². The SMILES string of the molecule is CCCNC(=O)Cc1cc(CC(=O)NCCN)cc(CC(=O)NCCN)c1. The smallest absolute Gasteiger partial charge is 0.224 e. The van der Waals surface area contributed by atoms with Gasteiger partial charge in [-0.2, -0.15) is 0 Å². The Hall–Kier alpha value is -2.45. The normalized spacial score (nSPS) is 10.3. The maximum Gasteiger partial charge on any atom is 0.224 e. The lowest BCUT2D eigenvalue weighted by Crippen LogP contribution is -2.31. The highest BCUT2D eigenvalue weighted by Gasteiger charge is 2.11. The molecular weight excluding hydrogens is 346 g/mol. The van der Waals surface area contributed by atoms with Crippen molar-refractivity contribution in [2.24, 2.45) is 11.5 Å². The lowest BCUT2D eigenvalue weighted by molar-refractivity contribution is -0.121. The van der Waals surface area contributed by atoms with Crippen molar-refractivity contribution in [1.29, 1.82) is 0 Å². The van der Waals surface area contributed by atoms with Gasteiger partial charge in [-0.1, -0.05) is 25.1 Å². The van der Waals surface area contributed by atoms with E-state index in [1.54, 1.807) is 0 Å². The predicted octanol–water partition coefficient (Wildman–Crippen LogP) is -1.01. The number of nitrogens with one attached hydrogen (secondary N) is 3. The monoisotopic (exact) mass is 377 g/mol. The zero-order valence-corrected chi connectivity index (χ0v) is 16.0. The number of benzene rings is 1. The summed E-state index contributed by atoms with van der Waals surface area (Å²) in [7, 11) is 0. The quantitative estimate of drug-likeness (QED) is 0.318. The lowest BCUT2D eigenvalue weighted by Gasteiger charge is -2.11. The Morgan fingerprint density at radius 1 is 0.704 bits per heavy atom. The van der Waals surface area contributed by atoms with E-state index in [2.05, 4.69) is 16.0 Å². The fourth-order valence-corrected chi connectivity index (χ4v) is 2.58. The van der Waals surface area contributed by atoms with Gasteiger partial charge in [0, 0.05) is 32.7 Å². The summed E-state index contributed by atoms with van der Waals surface area (Å²) < 4.78 is 0. The molecule has 150 valence electrons. The van der Waals surface area contributed by atoms with Gasteiger partial charge >= 0.3 is 0 Å². The third-order valence-electron chi connectivity index (χ3n) is 3.71. The number of carbonyl (C=O) groups excluding carboxylic acids is 3. The van der Waals surface area contributed by atoms with Gasteiger partial charge in [-0.25, -0.2) is 0 Å². The van der Waals surface area contributed by atoms with E-state index in [-0.39, 0.29) is 37.0 Å². The van der Waals surface area contributed by atoms with Gasteiger partial charge in [-0.15, -0.1) is 0 Å². The Labute approximate surface area is 160 Å². The minimum Gasteiger partial charge on any atom is -0.356 e. The van der Waals surface area contributed by atoms with E-state index in [0.717, 1.165) is 23.1 Å². The van der Waals surface area contributed by atoms with Gasteiger partial charge in [0.1, 0.15) is 0 Å². The first kappa shape index (κ1) is 22.6. The van der Waals surface area contributed by atoms with Crippen LogP contribution < -0.4 is 27.4 Å². The van der Waals surface area contributed by atoms with Crippen LogP contribution in [0, 0.1) is 0 Å². The molecule has 0 atom stereocenters. The number of nitrogens with two attached hydrogens (primary N) is 2. The number of rotatable bonds is 12. The number of carbonyl (C=O) groups is 3. The average Bonchev–Trinajstić information content (AvgIpc) is 2.62.